The van der Waals surface area contributed by atoms with Gasteiger partial charge in [0.15, 0.2) is 0 Å². The summed E-state index contributed by atoms with van der Waals surface area (Å²) in [5, 5.41) is 21.9. The van der Waals surface area contributed by atoms with E-state index in [1.165, 1.54) is 18.2 Å². The summed E-state index contributed by atoms with van der Waals surface area (Å²) in [4.78, 5) is 14.7. The lowest BCUT2D eigenvalue weighted by atomic mass is 9.95. The number of ether oxygens (including phenoxy) is 2. The number of hydrogen-bond donors (Lipinski definition) is 2. The Labute approximate surface area is 208 Å². The summed E-state index contributed by atoms with van der Waals surface area (Å²) in [6.45, 7) is 2.09. The van der Waals surface area contributed by atoms with Gasteiger partial charge in [0.1, 0.15) is 11.6 Å². The highest BCUT2D eigenvalue weighted by molar-refractivity contribution is 6.07. The number of fused-ring (bicyclic) bond motifs is 1. The zero-order valence-electron chi connectivity index (χ0n) is 19.9. The molecular formula is C26H30F3N3O4. The topological polar surface area (TPSA) is 94.8 Å². The molecule has 2 N–H and O–H groups in total. The fourth-order valence-corrected chi connectivity index (χ4v) is 4.20. The van der Waals surface area contributed by atoms with Crippen LogP contribution in [0.2, 0.25) is 0 Å². The molecule has 3 rings (SSSR count). The van der Waals surface area contributed by atoms with Gasteiger partial charge in [0.25, 0.3) is 5.91 Å². The highest BCUT2D eigenvalue weighted by atomic mass is 19.4. The van der Waals surface area contributed by atoms with Crippen LogP contribution >= 0.6 is 0 Å². The van der Waals surface area contributed by atoms with Crippen LogP contribution in [0.5, 0.6) is 0 Å². The van der Waals surface area contributed by atoms with Crippen LogP contribution in [0.15, 0.2) is 42.0 Å². The van der Waals surface area contributed by atoms with Crippen molar-refractivity contribution < 1.29 is 32.5 Å². The molecule has 0 aromatic heterocycles. The zero-order chi connectivity index (χ0) is 26.0. The summed E-state index contributed by atoms with van der Waals surface area (Å²) >= 11 is 0. The smallest absolute Gasteiger partial charge is 0.394 e. The second-order valence-electron chi connectivity index (χ2n) is 8.32. The number of allylic oxidation sites excluding steroid dienone is 1. The normalized spacial score (nSPS) is 14.9. The first kappa shape index (κ1) is 27.5. The average molecular weight is 506 g/mol. The van der Waals surface area contributed by atoms with Gasteiger partial charge in [-0.25, -0.2) is 0 Å². The lowest BCUT2D eigenvalue weighted by Crippen LogP contribution is -2.30. The van der Waals surface area contributed by atoms with Gasteiger partial charge in [-0.05, 0) is 42.3 Å². The monoisotopic (exact) mass is 505 g/mol. The molecule has 1 aliphatic rings. The van der Waals surface area contributed by atoms with Gasteiger partial charge in [0.2, 0.25) is 0 Å². The van der Waals surface area contributed by atoms with E-state index in [-0.39, 0.29) is 45.1 Å². The molecule has 194 valence electrons. The van der Waals surface area contributed by atoms with Crippen molar-refractivity contribution in [2.45, 2.75) is 25.4 Å². The molecular weight excluding hydrogens is 475 g/mol. The largest absolute Gasteiger partial charge is 0.418 e. The van der Waals surface area contributed by atoms with E-state index in [0.29, 0.717) is 5.39 Å². The predicted octanol–water partition coefficient (Wildman–Crippen LogP) is 3.81. The first-order valence-corrected chi connectivity index (χ1v) is 11.9. The number of nitriles is 1. The lowest BCUT2D eigenvalue weighted by molar-refractivity contribution is -0.117. The van der Waals surface area contributed by atoms with Gasteiger partial charge >= 0.3 is 6.18 Å². The molecule has 0 atom stereocenters. The molecule has 1 saturated heterocycles. The van der Waals surface area contributed by atoms with Gasteiger partial charge in [-0.2, -0.15) is 18.4 Å². The van der Waals surface area contributed by atoms with Crippen LogP contribution in [-0.2, 0) is 14.3 Å². The average Bonchev–Trinajstić information content (AvgIpc) is 2.87. The van der Waals surface area contributed by atoms with Gasteiger partial charge in [0.05, 0.1) is 38.6 Å². The fraction of sp³-hybridized carbons (Fsp3) is 0.462. The number of nitrogens with one attached hydrogen (secondary N) is 1. The third kappa shape index (κ3) is 7.20. The fourth-order valence-electron chi connectivity index (χ4n) is 4.20. The van der Waals surface area contributed by atoms with Crippen molar-refractivity contribution in [2.24, 2.45) is 0 Å². The highest BCUT2D eigenvalue weighted by Crippen LogP contribution is 2.39. The Morgan fingerprint density at radius 3 is 2.44 bits per heavy atom. The molecule has 1 amide bonds. The molecule has 0 radical (unpaired) electrons. The van der Waals surface area contributed by atoms with Crippen molar-refractivity contribution in [3.8, 4) is 6.07 Å². The van der Waals surface area contributed by atoms with E-state index in [2.05, 4.69) is 10.2 Å². The molecule has 0 aliphatic carbocycles. The highest BCUT2D eigenvalue weighted by Gasteiger charge is 2.39. The van der Waals surface area contributed by atoms with Crippen molar-refractivity contribution in [2.75, 3.05) is 57.6 Å². The van der Waals surface area contributed by atoms with Crippen molar-refractivity contribution in [3.05, 3.63) is 47.5 Å². The minimum absolute atomic E-state index is 0.0312. The quantitative estimate of drug-likeness (QED) is 0.274. The summed E-state index contributed by atoms with van der Waals surface area (Å²) in [7, 11) is 0. The standard InChI is InChI=1S/C26H30F3N3O4/c27-26(28,29)24(22(18-30)25(34)31-9-13-35-15-16-36-14-12-33)20-8-7-19-5-4-6-23(21(19)17-20)32-10-2-1-3-11-32/h4-8,17,33H,1-3,9-16H2,(H,31,34)/b24-22-. The van der Waals surface area contributed by atoms with Gasteiger partial charge in [-0.1, -0.05) is 24.3 Å². The maximum Gasteiger partial charge on any atom is 0.418 e. The van der Waals surface area contributed by atoms with Crippen molar-refractivity contribution in [3.63, 3.8) is 0 Å². The van der Waals surface area contributed by atoms with Crippen molar-refractivity contribution >= 4 is 27.9 Å². The second-order valence-corrected chi connectivity index (χ2v) is 8.32. The Balaban J connectivity index is 1.85. The van der Waals surface area contributed by atoms with Crippen molar-refractivity contribution in [1.82, 2.24) is 5.32 Å². The summed E-state index contributed by atoms with van der Waals surface area (Å²) in [5.74, 6) is -1.12. The second kappa shape index (κ2) is 13.3. The SMILES string of the molecule is N#C/C(C(=O)NCCOCCOCCO)=C(\c1ccc2cccc(N3CCCCC3)c2c1)C(F)(F)F. The van der Waals surface area contributed by atoms with Gasteiger partial charge < -0.3 is 24.8 Å². The summed E-state index contributed by atoms with van der Waals surface area (Å²) < 4.78 is 52.8. The molecule has 36 heavy (non-hydrogen) atoms. The number of anilines is 1. The minimum atomic E-state index is -4.92. The van der Waals surface area contributed by atoms with Crippen LogP contribution in [0, 0.1) is 11.3 Å². The molecule has 0 spiro atoms. The number of aliphatic hydroxyl groups is 1. The number of halogens is 3. The first-order chi connectivity index (χ1) is 17.4. The Morgan fingerprint density at radius 2 is 1.78 bits per heavy atom. The molecule has 7 nitrogen and oxygen atoms in total. The van der Waals surface area contributed by atoms with Gasteiger partial charge in [0, 0.05) is 30.7 Å². The van der Waals surface area contributed by atoms with E-state index in [1.807, 2.05) is 18.2 Å². The number of alkyl halides is 3. The third-order valence-corrected chi connectivity index (χ3v) is 5.86. The Hall–Kier alpha value is -3.13. The van der Waals surface area contributed by atoms with Crippen LogP contribution in [0.1, 0.15) is 24.8 Å². The molecule has 0 saturated carbocycles. The summed E-state index contributed by atoms with van der Waals surface area (Å²) in [6, 6.07) is 11.4. The molecule has 1 aliphatic heterocycles. The van der Waals surface area contributed by atoms with E-state index in [1.54, 1.807) is 6.07 Å². The summed E-state index contributed by atoms with van der Waals surface area (Å²) in [6.07, 6.45) is -1.77. The van der Waals surface area contributed by atoms with E-state index in [4.69, 9.17) is 14.6 Å². The molecule has 0 unspecified atom stereocenters. The lowest BCUT2D eigenvalue weighted by Gasteiger charge is -2.30. The van der Waals surface area contributed by atoms with Gasteiger partial charge in [-0.3, -0.25) is 4.79 Å². The minimum Gasteiger partial charge on any atom is -0.394 e. The number of amides is 1. The number of piperidine rings is 1. The summed E-state index contributed by atoms with van der Waals surface area (Å²) in [5.41, 5.74) is -1.65. The number of nitrogens with zero attached hydrogens (tertiary/aromatic N) is 2. The molecule has 0 bridgehead atoms. The van der Waals surface area contributed by atoms with E-state index < -0.39 is 23.2 Å². The molecule has 2 aromatic rings. The predicted molar refractivity (Wildman–Crippen MR) is 130 cm³/mol. The van der Waals surface area contributed by atoms with E-state index in [9.17, 15) is 23.2 Å². The van der Waals surface area contributed by atoms with E-state index in [0.717, 1.165) is 43.4 Å². The van der Waals surface area contributed by atoms with Crippen LogP contribution in [0.25, 0.3) is 16.3 Å². The maximum absolute atomic E-state index is 14.2. The van der Waals surface area contributed by atoms with E-state index >= 15 is 0 Å². The van der Waals surface area contributed by atoms with Crippen LogP contribution in [0.3, 0.4) is 0 Å². The molecule has 1 fully saturated rings. The Kier molecular flexibility index (Phi) is 10.1. The Bertz CT molecular complexity index is 1110. The van der Waals surface area contributed by atoms with Crippen LogP contribution < -0.4 is 10.2 Å². The Morgan fingerprint density at radius 1 is 1.06 bits per heavy atom. The zero-order valence-corrected chi connectivity index (χ0v) is 19.9. The number of benzene rings is 2. The first-order valence-electron chi connectivity index (χ1n) is 11.9. The van der Waals surface area contributed by atoms with Gasteiger partial charge in [-0.15, -0.1) is 0 Å². The molecule has 1 heterocycles. The number of aliphatic hydroxyl groups excluding tert-OH is 1. The third-order valence-electron chi connectivity index (χ3n) is 5.86. The van der Waals surface area contributed by atoms with Crippen LogP contribution in [-0.4, -0.2) is 69.9 Å². The number of carbonyl (C=O) groups excluding carboxylic acids is 1. The number of carbonyl (C=O) groups is 1. The van der Waals surface area contributed by atoms with Crippen molar-refractivity contribution in [1.29, 1.82) is 5.26 Å². The molecule has 2 aromatic carbocycles. The number of rotatable bonds is 11. The van der Waals surface area contributed by atoms with Crippen LogP contribution in [0.4, 0.5) is 18.9 Å². The molecule has 10 heteroatoms. The maximum atomic E-state index is 14.2. The number of hydrogen-bond acceptors (Lipinski definition) is 6.